The number of carbonyl (C=O) groups is 1. The number of methoxy groups -OCH3 is 1. The third-order valence-corrected chi connectivity index (χ3v) is 4.04. The van der Waals surface area contributed by atoms with Gasteiger partial charge in [-0.05, 0) is 18.8 Å². The summed E-state index contributed by atoms with van der Waals surface area (Å²) in [5.41, 5.74) is 0. The molecule has 1 saturated carbocycles. The van der Waals surface area contributed by atoms with Crippen LogP contribution in [-0.4, -0.2) is 31.7 Å². The number of aromatic nitrogens is 1. The van der Waals surface area contributed by atoms with Crippen LogP contribution in [0.25, 0.3) is 0 Å². The maximum absolute atomic E-state index is 11.3. The maximum Gasteiger partial charge on any atom is 0.351 e. The molecule has 0 amide bonds. The van der Waals surface area contributed by atoms with Crippen LogP contribution in [0, 0.1) is 5.92 Å². The van der Waals surface area contributed by atoms with Gasteiger partial charge in [-0.2, -0.15) is 0 Å². The van der Waals surface area contributed by atoms with E-state index in [0.29, 0.717) is 4.88 Å². The number of halogens is 1. The van der Waals surface area contributed by atoms with E-state index in [4.69, 9.17) is 11.6 Å². The van der Waals surface area contributed by atoms with Crippen LogP contribution < -0.4 is 4.90 Å². The van der Waals surface area contributed by atoms with Crippen LogP contribution in [0.3, 0.4) is 0 Å². The molecule has 4 nitrogen and oxygen atoms in total. The molecule has 1 heterocycles. The van der Waals surface area contributed by atoms with Crippen molar-refractivity contribution in [3.05, 3.63) is 10.0 Å². The van der Waals surface area contributed by atoms with E-state index in [1.165, 1.54) is 31.3 Å². The van der Waals surface area contributed by atoms with E-state index in [1.807, 2.05) is 11.9 Å². The van der Waals surface area contributed by atoms with Crippen molar-refractivity contribution in [3.8, 4) is 0 Å². The molecule has 16 heavy (non-hydrogen) atoms. The predicted octanol–water partition coefficient (Wildman–Crippen LogP) is 2.43. The second-order valence-electron chi connectivity index (χ2n) is 3.93. The van der Waals surface area contributed by atoms with Crippen LogP contribution in [0.15, 0.2) is 0 Å². The highest BCUT2D eigenvalue weighted by molar-refractivity contribution is 7.18. The van der Waals surface area contributed by atoms with Crippen molar-refractivity contribution in [2.24, 2.45) is 5.92 Å². The van der Waals surface area contributed by atoms with Crippen molar-refractivity contribution < 1.29 is 9.53 Å². The van der Waals surface area contributed by atoms with Crippen LogP contribution in [0.4, 0.5) is 5.13 Å². The first kappa shape index (κ1) is 11.7. The molecule has 0 radical (unpaired) electrons. The summed E-state index contributed by atoms with van der Waals surface area (Å²) >= 11 is 7.17. The highest BCUT2D eigenvalue weighted by Gasteiger charge is 2.25. The van der Waals surface area contributed by atoms with Crippen molar-refractivity contribution >= 4 is 34.0 Å². The van der Waals surface area contributed by atoms with Crippen LogP contribution >= 0.6 is 22.9 Å². The Balaban J connectivity index is 2.12. The van der Waals surface area contributed by atoms with Crippen LogP contribution in [-0.2, 0) is 4.74 Å². The van der Waals surface area contributed by atoms with Gasteiger partial charge in [0.05, 0.1) is 7.11 Å². The van der Waals surface area contributed by atoms with E-state index in [-0.39, 0.29) is 5.15 Å². The summed E-state index contributed by atoms with van der Waals surface area (Å²) in [5, 5.41) is 1.01. The number of anilines is 1. The Morgan fingerprint density at radius 1 is 1.69 bits per heavy atom. The van der Waals surface area contributed by atoms with E-state index in [1.54, 1.807) is 0 Å². The monoisotopic (exact) mass is 260 g/mol. The standard InChI is InChI=1S/C10H13ClN2O2S/c1-13(5-6-3-4-6)10-12-8(11)7(16-10)9(14)15-2/h6H,3-5H2,1-2H3. The van der Waals surface area contributed by atoms with Crippen molar-refractivity contribution in [1.82, 2.24) is 4.98 Å². The van der Waals surface area contributed by atoms with Crippen molar-refractivity contribution in [2.45, 2.75) is 12.8 Å². The second-order valence-corrected chi connectivity index (χ2v) is 5.27. The molecule has 0 aromatic carbocycles. The fourth-order valence-electron chi connectivity index (χ4n) is 1.44. The van der Waals surface area contributed by atoms with E-state index < -0.39 is 5.97 Å². The average molecular weight is 261 g/mol. The Hall–Kier alpha value is -0.810. The molecular weight excluding hydrogens is 248 g/mol. The lowest BCUT2D eigenvalue weighted by Gasteiger charge is -2.14. The smallest absolute Gasteiger partial charge is 0.351 e. The molecule has 0 spiro atoms. The molecule has 0 unspecified atom stereocenters. The molecule has 0 bridgehead atoms. The minimum absolute atomic E-state index is 0.231. The minimum atomic E-state index is -0.423. The molecule has 1 aromatic heterocycles. The summed E-state index contributed by atoms with van der Waals surface area (Å²) in [6, 6.07) is 0. The van der Waals surface area contributed by atoms with Gasteiger partial charge in [0, 0.05) is 13.6 Å². The van der Waals surface area contributed by atoms with E-state index in [2.05, 4.69) is 9.72 Å². The summed E-state index contributed by atoms with van der Waals surface area (Å²) < 4.78 is 4.63. The first-order valence-electron chi connectivity index (χ1n) is 5.07. The van der Waals surface area contributed by atoms with Gasteiger partial charge in [-0.3, -0.25) is 0 Å². The molecule has 1 aliphatic rings. The highest BCUT2D eigenvalue weighted by atomic mass is 35.5. The molecule has 0 aliphatic heterocycles. The van der Waals surface area contributed by atoms with Crippen molar-refractivity contribution in [3.63, 3.8) is 0 Å². The lowest BCUT2D eigenvalue weighted by molar-refractivity contribution is 0.0606. The summed E-state index contributed by atoms with van der Waals surface area (Å²) in [5.74, 6) is 0.350. The number of thiazole rings is 1. The van der Waals surface area contributed by atoms with E-state index in [0.717, 1.165) is 17.6 Å². The number of rotatable bonds is 4. The van der Waals surface area contributed by atoms with Crippen LogP contribution in [0.5, 0.6) is 0 Å². The van der Waals surface area contributed by atoms with Gasteiger partial charge in [0.1, 0.15) is 0 Å². The Labute approximate surface area is 103 Å². The van der Waals surface area contributed by atoms with Gasteiger partial charge >= 0.3 is 5.97 Å². The van der Waals surface area contributed by atoms with Crippen LogP contribution in [0.2, 0.25) is 5.15 Å². The van der Waals surface area contributed by atoms with E-state index in [9.17, 15) is 4.79 Å². The molecular formula is C10H13ClN2O2S. The van der Waals surface area contributed by atoms with Gasteiger partial charge < -0.3 is 9.64 Å². The molecule has 0 N–H and O–H groups in total. The molecule has 0 atom stereocenters. The normalized spacial score (nSPS) is 14.9. The number of carbonyl (C=O) groups excluding carboxylic acids is 1. The average Bonchev–Trinajstić information content (AvgIpc) is 2.98. The molecule has 6 heteroatoms. The first-order chi connectivity index (χ1) is 7.61. The minimum Gasteiger partial charge on any atom is -0.465 e. The quantitative estimate of drug-likeness (QED) is 0.780. The lowest BCUT2D eigenvalue weighted by atomic mass is 10.4. The molecule has 1 fully saturated rings. The predicted molar refractivity (Wildman–Crippen MR) is 64.5 cm³/mol. The van der Waals surface area contributed by atoms with Crippen LogP contribution in [0.1, 0.15) is 22.5 Å². The Bertz CT molecular complexity index is 404. The molecule has 1 aliphatic carbocycles. The first-order valence-corrected chi connectivity index (χ1v) is 6.27. The number of hydrogen-bond donors (Lipinski definition) is 0. The fraction of sp³-hybridized carbons (Fsp3) is 0.600. The van der Waals surface area contributed by atoms with Gasteiger partial charge in [-0.15, -0.1) is 0 Å². The Morgan fingerprint density at radius 2 is 2.38 bits per heavy atom. The maximum atomic E-state index is 11.3. The topological polar surface area (TPSA) is 42.4 Å². The number of ether oxygens (including phenoxy) is 1. The molecule has 1 aromatic rings. The molecule has 88 valence electrons. The SMILES string of the molecule is COC(=O)c1sc(N(C)CC2CC2)nc1Cl. The zero-order valence-corrected chi connectivity index (χ0v) is 10.8. The Morgan fingerprint density at radius 3 is 2.94 bits per heavy atom. The fourth-order valence-corrected chi connectivity index (χ4v) is 2.61. The third kappa shape index (κ3) is 2.47. The number of nitrogens with zero attached hydrogens (tertiary/aromatic N) is 2. The number of esters is 1. The summed E-state index contributed by atoms with van der Waals surface area (Å²) in [6.45, 7) is 0.977. The zero-order valence-electron chi connectivity index (χ0n) is 9.20. The lowest BCUT2D eigenvalue weighted by Crippen LogP contribution is -2.19. The van der Waals surface area contributed by atoms with E-state index >= 15 is 0 Å². The van der Waals surface area contributed by atoms with Gasteiger partial charge in [0.25, 0.3) is 0 Å². The molecule has 0 saturated heterocycles. The van der Waals surface area contributed by atoms with Gasteiger partial charge in [-0.25, -0.2) is 9.78 Å². The second kappa shape index (κ2) is 4.59. The van der Waals surface area contributed by atoms with Crippen molar-refractivity contribution in [2.75, 3.05) is 25.6 Å². The van der Waals surface area contributed by atoms with Gasteiger partial charge in [-0.1, -0.05) is 22.9 Å². The summed E-state index contributed by atoms with van der Waals surface area (Å²) in [4.78, 5) is 17.9. The highest BCUT2D eigenvalue weighted by Crippen LogP contribution is 2.34. The third-order valence-electron chi connectivity index (χ3n) is 2.50. The summed E-state index contributed by atoms with van der Waals surface area (Å²) in [6.07, 6.45) is 2.57. The zero-order chi connectivity index (χ0) is 11.7. The molecule has 2 rings (SSSR count). The number of hydrogen-bond acceptors (Lipinski definition) is 5. The van der Waals surface area contributed by atoms with Crippen molar-refractivity contribution in [1.29, 1.82) is 0 Å². The largest absolute Gasteiger partial charge is 0.465 e. The van der Waals surface area contributed by atoms with Gasteiger partial charge in [0.2, 0.25) is 0 Å². The Kier molecular flexibility index (Phi) is 3.35. The van der Waals surface area contributed by atoms with Gasteiger partial charge in [0.15, 0.2) is 15.2 Å². The summed E-state index contributed by atoms with van der Waals surface area (Å²) in [7, 11) is 3.31.